The van der Waals surface area contributed by atoms with Gasteiger partial charge in [-0.05, 0) is 36.5 Å². The van der Waals surface area contributed by atoms with Crippen molar-refractivity contribution in [1.82, 2.24) is 9.80 Å². The van der Waals surface area contributed by atoms with Gasteiger partial charge in [-0.25, -0.2) is 12.8 Å². The monoisotopic (exact) mass is 338 g/mol. The molecule has 0 saturated carbocycles. The first-order valence-corrected chi connectivity index (χ1v) is 10.3. The standard InChI is InChI=1S/C17H23FN2O2S/c18-16-3-1-2-15-14(16)4-5-17(15)20-9-7-19(8-10-20)13-6-11-23(21,22)12-13/h1-3,13,17H,4-12H2/t13-,17-/m1/s1. The van der Waals surface area contributed by atoms with E-state index < -0.39 is 9.84 Å². The molecule has 2 aliphatic heterocycles. The third-order valence-corrected chi connectivity index (χ3v) is 7.45. The molecule has 2 heterocycles. The first-order chi connectivity index (χ1) is 11.0. The molecule has 4 nitrogen and oxygen atoms in total. The summed E-state index contributed by atoms with van der Waals surface area (Å²) in [5.74, 6) is 0.595. The maximum Gasteiger partial charge on any atom is 0.151 e. The maximum absolute atomic E-state index is 13.9. The van der Waals surface area contributed by atoms with Crippen molar-refractivity contribution in [2.45, 2.75) is 31.3 Å². The lowest BCUT2D eigenvalue weighted by molar-refractivity contribution is 0.0752. The predicted molar refractivity (Wildman–Crippen MR) is 87.7 cm³/mol. The van der Waals surface area contributed by atoms with Gasteiger partial charge >= 0.3 is 0 Å². The van der Waals surface area contributed by atoms with E-state index in [4.69, 9.17) is 0 Å². The van der Waals surface area contributed by atoms with E-state index in [0.717, 1.165) is 56.6 Å². The third-order valence-electron chi connectivity index (χ3n) is 5.70. The Morgan fingerprint density at radius 2 is 1.78 bits per heavy atom. The van der Waals surface area contributed by atoms with E-state index in [1.165, 1.54) is 0 Å². The van der Waals surface area contributed by atoms with Crippen LogP contribution in [0, 0.1) is 5.82 Å². The second kappa shape index (κ2) is 5.83. The van der Waals surface area contributed by atoms with Crippen LogP contribution in [-0.2, 0) is 16.3 Å². The maximum atomic E-state index is 13.9. The van der Waals surface area contributed by atoms with Crippen molar-refractivity contribution in [2.24, 2.45) is 0 Å². The molecule has 0 bridgehead atoms. The Morgan fingerprint density at radius 1 is 1.04 bits per heavy atom. The summed E-state index contributed by atoms with van der Waals surface area (Å²) >= 11 is 0. The fraction of sp³-hybridized carbons (Fsp3) is 0.647. The SMILES string of the molecule is O=S1(=O)CC[C@@H](N2CCN([C@@H]3CCc4c(F)cccc43)CC2)C1. The van der Waals surface area contributed by atoms with E-state index in [9.17, 15) is 12.8 Å². The zero-order chi connectivity index (χ0) is 16.0. The average Bonchev–Trinajstić information content (AvgIpc) is 3.12. The van der Waals surface area contributed by atoms with Gasteiger partial charge in [0.2, 0.25) is 0 Å². The van der Waals surface area contributed by atoms with Crippen molar-refractivity contribution in [1.29, 1.82) is 0 Å². The highest BCUT2D eigenvalue weighted by Gasteiger charge is 2.36. The number of hydrogen-bond donors (Lipinski definition) is 0. The van der Waals surface area contributed by atoms with E-state index in [0.29, 0.717) is 17.5 Å². The molecular weight excluding hydrogens is 315 g/mol. The highest BCUT2D eigenvalue weighted by molar-refractivity contribution is 7.91. The van der Waals surface area contributed by atoms with Crippen molar-refractivity contribution in [3.05, 3.63) is 35.1 Å². The summed E-state index contributed by atoms with van der Waals surface area (Å²) in [4.78, 5) is 4.79. The normalized spacial score (nSPS) is 31.3. The van der Waals surface area contributed by atoms with E-state index in [1.54, 1.807) is 6.07 Å². The second-order valence-electron chi connectivity index (χ2n) is 6.99. The second-order valence-corrected chi connectivity index (χ2v) is 9.22. The molecule has 3 aliphatic rings. The van der Waals surface area contributed by atoms with Gasteiger partial charge in [-0.2, -0.15) is 0 Å². The van der Waals surface area contributed by atoms with Gasteiger partial charge in [-0.15, -0.1) is 0 Å². The Morgan fingerprint density at radius 3 is 2.48 bits per heavy atom. The average molecular weight is 338 g/mol. The summed E-state index contributed by atoms with van der Waals surface area (Å²) in [7, 11) is -2.82. The van der Waals surface area contributed by atoms with Crippen molar-refractivity contribution < 1.29 is 12.8 Å². The van der Waals surface area contributed by atoms with Crippen LogP contribution in [0.3, 0.4) is 0 Å². The van der Waals surface area contributed by atoms with Gasteiger partial charge in [-0.1, -0.05) is 12.1 Å². The minimum Gasteiger partial charge on any atom is -0.297 e. The number of piperazine rings is 1. The van der Waals surface area contributed by atoms with Crippen LogP contribution >= 0.6 is 0 Å². The van der Waals surface area contributed by atoms with E-state index in [-0.39, 0.29) is 11.9 Å². The molecule has 6 heteroatoms. The van der Waals surface area contributed by atoms with Crippen molar-refractivity contribution in [3.8, 4) is 0 Å². The molecule has 23 heavy (non-hydrogen) atoms. The molecule has 4 rings (SSSR count). The molecular formula is C17H23FN2O2S. The number of fused-ring (bicyclic) bond motifs is 1. The summed E-state index contributed by atoms with van der Waals surface area (Å²) in [6, 6.07) is 5.96. The quantitative estimate of drug-likeness (QED) is 0.822. The number of rotatable bonds is 2. The molecule has 0 N–H and O–H groups in total. The lowest BCUT2D eigenvalue weighted by atomic mass is 10.1. The van der Waals surface area contributed by atoms with Crippen molar-refractivity contribution in [2.75, 3.05) is 37.7 Å². The van der Waals surface area contributed by atoms with Crippen LogP contribution in [0.25, 0.3) is 0 Å². The van der Waals surface area contributed by atoms with Crippen LogP contribution in [0.2, 0.25) is 0 Å². The van der Waals surface area contributed by atoms with Gasteiger partial charge in [0, 0.05) is 38.3 Å². The predicted octanol–water partition coefficient (Wildman–Crippen LogP) is 1.62. The van der Waals surface area contributed by atoms with Crippen LogP contribution in [0.4, 0.5) is 4.39 Å². The minimum absolute atomic E-state index is 0.0696. The summed E-state index contributed by atoms with van der Waals surface area (Å²) in [6.07, 6.45) is 2.60. The Hall–Kier alpha value is -0.980. The topological polar surface area (TPSA) is 40.6 Å². The zero-order valence-electron chi connectivity index (χ0n) is 13.2. The zero-order valence-corrected chi connectivity index (χ0v) is 14.1. The lowest BCUT2D eigenvalue weighted by Crippen LogP contribution is -2.51. The highest BCUT2D eigenvalue weighted by atomic mass is 32.2. The molecule has 1 aliphatic carbocycles. The van der Waals surface area contributed by atoms with Gasteiger partial charge in [0.25, 0.3) is 0 Å². The number of benzene rings is 1. The van der Waals surface area contributed by atoms with Crippen LogP contribution in [-0.4, -0.2) is 61.9 Å². The fourth-order valence-corrected chi connectivity index (χ4v) is 6.21. The first kappa shape index (κ1) is 15.5. The van der Waals surface area contributed by atoms with E-state index in [1.807, 2.05) is 6.07 Å². The molecule has 0 radical (unpaired) electrons. The summed E-state index contributed by atoms with van der Waals surface area (Å²) in [5, 5.41) is 0. The van der Waals surface area contributed by atoms with Crippen LogP contribution in [0.15, 0.2) is 18.2 Å². The van der Waals surface area contributed by atoms with Gasteiger partial charge in [0.05, 0.1) is 11.5 Å². The Bertz CT molecular complexity index is 699. The van der Waals surface area contributed by atoms with Gasteiger partial charge in [0.15, 0.2) is 9.84 Å². The number of hydrogen-bond acceptors (Lipinski definition) is 4. The van der Waals surface area contributed by atoms with Crippen LogP contribution in [0.5, 0.6) is 0 Å². The lowest BCUT2D eigenvalue weighted by Gasteiger charge is -2.40. The Labute approximate surface area is 137 Å². The Balaban J connectivity index is 1.41. The molecule has 0 spiro atoms. The van der Waals surface area contributed by atoms with Crippen LogP contribution in [0.1, 0.15) is 30.0 Å². The molecule has 0 amide bonds. The molecule has 2 saturated heterocycles. The van der Waals surface area contributed by atoms with E-state index >= 15 is 0 Å². The van der Waals surface area contributed by atoms with Gasteiger partial charge in [-0.3, -0.25) is 9.80 Å². The third kappa shape index (κ3) is 2.92. The molecule has 0 unspecified atom stereocenters. The first-order valence-electron chi connectivity index (χ1n) is 8.49. The molecule has 1 aromatic carbocycles. The van der Waals surface area contributed by atoms with Gasteiger partial charge < -0.3 is 0 Å². The summed E-state index contributed by atoms with van der Waals surface area (Å²) in [5.41, 5.74) is 2.05. The molecule has 1 aromatic rings. The largest absolute Gasteiger partial charge is 0.297 e. The Kier molecular flexibility index (Phi) is 3.94. The van der Waals surface area contributed by atoms with Crippen molar-refractivity contribution in [3.63, 3.8) is 0 Å². The van der Waals surface area contributed by atoms with E-state index in [2.05, 4.69) is 15.9 Å². The smallest absolute Gasteiger partial charge is 0.151 e. The fourth-order valence-electron chi connectivity index (χ4n) is 4.44. The molecule has 126 valence electrons. The summed E-state index contributed by atoms with van der Waals surface area (Å²) < 4.78 is 37.2. The van der Waals surface area contributed by atoms with Gasteiger partial charge in [0.1, 0.15) is 5.82 Å². The molecule has 0 aromatic heterocycles. The number of sulfone groups is 1. The highest BCUT2D eigenvalue weighted by Crippen LogP contribution is 2.37. The molecule has 2 atom stereocenters. The van der Waals surface area contributed by atoms with Crippen LogP contribution < -0.4 is 0 Å². The molecule has 2 fully saturated rings. The number of halogens is 1. The number of nitrogens with zero attached hydrogens (tertiary/aromatic N) is 2. The van der Waals surface area contributed by atoms with Crippen molar-refractivity contribution >= 4 is 9.84 Å². The summed E-state index contributed by atoms with van der Waals surface area (Å²) in [6.45, 7) is 3.72. The minimum atomic E-state index is -2.82.